The standard InChI is InChI=1S/C11H12N6O3/c1-3-16-14-11(13-15-16)12-10(18)8-4-5-9(17(19)20)7(2)6-8/h4-6H,3H2,1-2H3,(H,12,14,18). The topological polar surface area (TPSA) is 116 Å². The Morgan fingerprint density at radius 3 is 2.80 bits per heavy atom. The molecule has 2 rings (SSSR count). The van der Waals surface area contributed by atoms with E-state index in [1.165, 1.54) is 23.0 Å². The van der Waals surface area contributed by atoms with Crippen molar-refractivity contribution in [2.24, 2.45) is 0 Å². The van der Waals surface area contributed by atoms with Gasteiger partial charge in [-0.05, 0) is 31.2 Å². The third-order valence-electron chi connectivity index (χ3n) is 2.62. The minimum Gasteiger partial charge on any atom is -0.288 e. The molecule has 0 fully saturated rings. The van der Waals surface area contributed by atoms with E-state index < -0.39 is 10.8 Å². The molecule has 0 spiro atoms. The van der Waals surface area contributed by atoms with Crippen LogP contribution in [0.3, 0.4) is 0 Å². The van der Waals surface area contributed by atoms with Crippen molar-refractivity contribution in [1.82, 2.24) is 20.2 Å². The molecule has 0 saturated carbocycles. The van der Waals surface area contributed by atoms with Crippen LogP contribution in [0.5, 0.6) is 0 Å². The summed E-state index contributed by atoms with van der Waals surface area (Å²) in [6, 6.07) is 4.11. The molecule has 1 aromatic heterocycles. The van der Waals surface area contributed by atoms with E-state index in [9.17, 15) is 14.9 Å². The summed E-state index contributed by atoms with van der Waals surface area (Å²) in [5.41, 5.74) is 0.672. The minimum atomic E-state index is -0.495. The molecule has 0 radical (unpaired) electrons. The van der Waals surface area contributed by atoms with Gasteiger partial charge in [0.1, 0.15) is 0 Å². The number of nitrogens with zero attached hydrogens (tertiary/aromatic N) is 5. The van der Waals surface area contributed by atoms with Gasteiger partial charge >= 0.3 is 0 Å². The Labute approximate surface area is 113 Å². The zero-order valence-corrected chi connectivity index (χ0v) is 10.9. The lowest BCUT2D eigenvalue weighted by Crippen LogP contribution is -2.13. The number of tetrazole rings is 1. The van der Waals surface area contributed by atoms with Crippen LogP contribution >= 0.6 is 0 Å². The number of carbonyl (C=O) groups is 1. The van der Waals surface area contributed by atoms with Crippen molar-refractivity contribution >= 4 is 17.5 Å². The van der Waals surface area contributed by atoms with E-state index in [2.05, 4.69) is 20.7 Å². The summed E-state index contributed by atoms with van der Waals surface area (Å²) < 4.78 is 0. The second-order valence-corrected chi connectivity index (χ2v) is 4.01. The molecule has 9 heteroatoms. The average molecular weight is 276 g/mol. The number of carbonyl (C=O) groups excluding carboxylic acids is 1. The lowest BCUT2D eigenvalue weighted by molar-refractivity contribution is -0.385. The van der Waals surface area contributed by atoms with Crippen LogP contribution in [0, 0.1) is 17.0 Å². The fourth-order valence-corrected chi connectivity index (χ4v) is 1.60. The van der Waals surface area contributed by atoms with Crippen molar-refractivity contribution < 1.29 is 9.72 Å². The van der Waals surface area contributed by atoms with Crippen LogP contribution in [0.2, 0.25) is 0 Å². The van der Waals surface area contributed by atoms with E-state index >= 15 is 0 Å². The summed E-state index contributed by atoms with van der Waals surface area (Å²) in [6.07, 6.45) is 0. The molecule has 1 aromatic carbocycles. The maximum atomic E-state index is 11.9. The summed E-state index contributed by atoms with van der Waals surface area (Å²) in [4.78, 5) is 23.5. The van der Waals surface area contributed by atoms with Crippen LogP contribution in [0.4, 0.5) is 11.6 Å². The van der Waals surface area contributed by atoms with Crippen LogP contribution in [-0.2, 0) is 6.54 Å². The van der Waals surface area contributed by atoms with Gasteiger partial charge in [0.25, 0.3) is 17.5 Å². The van der Waals surface area contributed by atoms with Gasteiger partial charge in [0.05, 0.1) is 11.5 Å². The third-order valence-corrected chi connectivity index (χ3v) is 2.62. The summed E-state index contributed by atoms with van der Waals surface area (Å²) in [7, 11) is 0. The Kier molecular flexibility index (Phi) is 3.69. The smallest absolute Gasteiger partial charge is 0.272 e. The Morgan fingerprint density at radius 2 is 2.25 bits per heavy atom. The summed E-state index contributed by atoms with van der Waals surface area (Å²) in [5, 5.41) is 24.5. The SMILES string of the molecule is CCn1nnc(NC(=O)c2ccc([N+](=O)[O-])c(C)c2)n1. The van der Waals surface area contributed by atoms with Crippen molar-refractivity contribution in [3.8, 4) is 0 Å². The van der Waals surface area contributed by atoms with E-state index in [0.717, 1.165) is 0 Å². The molecule has 1 N–H and O–H groups in total. The average Bonchev–Trinajstić information content (AvgIpc) is 2.85. The van der Waals surface area contributed by atoms with Crippen LogP contribution < -0.4 is 5.32 Å². The summed E-state index contributed by atoms with van der Waals surface area (Å²) in [6.45, 7) is 3.95. The van der Waals surface area contributed by atoms with Crippen LogP contribution in [0.1, 0.15) is 22.8 Å². The highest BCUT2D eigenvalue weighted by Gasteiger charge is 2.15. The largest absolute Gasteiger partial charge is 0.288 e. The number of nitrogens with one attached hydrogen (secondary N) is 1. The molecule has 0 unspecified atom stereocenters. The van der Waals surface area contributed by atoms with E-state index in [0.29, 0.717) is 17.7 Å². The van der Waals surface area contributed by atoms with Crippen LogP contribution in [-0.4, -0.2) is 31.0 Å². The van der Waals surface area contributed by atoms with Gasteiger partial charge in [0.2, 0.25) is 0 Å². The molecule has 2 aromatic rings. The molecular formula is C11H12N6O3. The quantitative estimate of drug-likeness (QED) is 0.661. The molecule has 104 valence electrons. The number of anilines is 1. The monoisotopic (exact) mass is 276 g/mol. The Bertz CT molecular complexity index is 666. The van der Waals surface area contributed by atoms with E-state index in [-0.39, 0.29) is 11.6 Å². The molecule has 0 aliphatic heterocycles. The predicted octanol–water partition coefficient (Wildman–Crippen LogP) is 1.16. The first-order valence-corrected chi connectivity index (χ1v) is 5.85. The van der Waals surface area contributed by atoms with Gasteiger partial charge in [0.15, 0.2) is 0 Å². The highest BCUT2D eigenvalue weighted by atomic mass is 16.6. The number of nitro benzene ring substituents is 1. The lowest BCUT2D eigenvalue weighted by Gasteiger charge is -2.02. The molecule has 0 aliphatic carbocycles. The maximum Gasteiger partial charge on any atom is 0.272 e. The Balaban J connectivity index is 2.17. The Hall–Kier alpha value is -2.84. The molecule has 0 aliphatic rings. The van der Waals surface area contributed by atoms with Crippen molar-refractivity contribution in [2.75, 3.05) is 5.32 Å². The molecule has 1 amide bonds. The number of hydrogen-bond acceptors (Lipinski definition) is 6. The number of hydrogen-bond donors (Lipinski definition) is 1. The number of rotatable bonds is 4. The first kappa shape index (κ1) is 13.6. The zero-order chi connectivity index (χ0) is 14.7. The molecule has 1 heterocycles. The highest BCUT2D eigenvalue weighted by Crippen LogP contribution is 2.19. The minimum absolute atomic E-state index is 0.0309. The molecule has 0 bridgehead atoms. The van der Waals surface area contributed by atoms with Gasteiger partial charge in [-0.1, -0.05) is 5.10 Å². The zero-order valence-electron chi connectivity index (χ0n) is 10.9. The second-order valence-electron chi connectivity index (χ2n) is 4.01. The fourth-order valence-electron chi connectivity index (χ4n) is 1.60. The molecule has 20 heavy (non-hydrogen) atoms. The van der Waals surface area contributed by atoms with Crippen molar-refractivity contribution in [1.29, 1.82) is 0 Å². The first-order chi connectivity index (χ1) is 9.51. The van der Waals surface area contributed by atoms with Crippen LogP contribution in [0.25, 0.3) is 0 Å². The predicted molar refractivity (Wildman–Crippen MR) is 69.3 cm³/mol. The molecular weight excluding hydrogens is 264 g/mol. The van der Waals surface area contributed by atoms with Gasteiger partial charge in [-0.15, -0.1) is 5.10 Å². The van der Waals surface area contributed by atoms with E-state index in [1.807, 2.05) is 6.92 Å². The van der Waals surface area contributed by atoms with Crippen molar-refractivity contribution in [3.63, 3.8) is 0 Å². The number of aromatic nitrogens is 4. The normalized spacial score (nSPS) is 10.3. The van der Waals surface area contributed by atoms with E-state index in [1.54, 1.807) is 6.92 Å². The second kappa shape index (κ2) is 5.43. The van der Waals surface area contributed by atoms with Gasteiger partial charge in [-0.2, -0.15) is 4.80 Å². The van der Waals surface area contributed by atoms with Gasteiger partial charge in [-0.3, -0.25) is 20.2 Å². The summed E-state index contributed by atoms with van der Waals surface area (Å²) >= 11 is 0. The van der Waals surface area contributed by atoms with Gasteiger partial charge in [-0.25, -0.2) is 0 Å². The van der Waals surface area contributed by atoms with Gasteiger partial charge in [0, 0.05) is 17.2 Å². The number of aryl methyl sites for hydroxylation is 2. The number of amides is 1. The first-order valence-electron chi connectivity index (χ1n) is 5.85. The maximum absolute atomic E-state index is 11.9. The fraction of sp³-hybridized carbons (Fsp3) is 0.273. The third kappa shape index (κ3) is 2.76. The molecule has 0 saturated heterocycles. The Morgan fingerprint density at radius 1 is 1.50 bits per heavy atom. The highest BCUT2D eigenvalue weighted by molar-refractivity contribution is 6.03. The summed E-state index contributed by atoms with van der Waals surface area (Å²) in [5.74, 6) is -0.355. The number of benzene rings is 1. The van der Waals surface area contributed by atoms with Gasteiger partial charge < -0.3 is 0 Å². The molecule has 0 atom stereocenters. The van der Waals surface area contributed by atoms with E-state index in [4.69, 9.17) is 0 Å². The van der Waals surface area contributed by atoms with Crippen molar-refractivity contribution in [3.05, 3.63) is 39.4 Å². The molecule has 9 nitrogen and oxygen atoms in total. The number of nitro groups is 1. The lowest BCUT2D eigenvalue weighted by atomic mass is 10.1. The van der Waals surface area contributed by atoms with Crippen molar-refractivity contribution in [2.45, 2.75) is 20.4 Å². The van der Waals surface area contributed by atoms with Crippen LogP contribution in [0.15, 0.2) is 18.2 Å².